The quantitative estimate of drug-likeness (QED) is 0.205. The van der Waals surface area contributed by atoms with Crippen LogP contribution in [-0.2, 0) is 0 Å². The second-order valence-electron chi connectivity index (χ2n) is 9.55. The van der Waals surface area contributed by atoms with Crippen molar-refractivity contribution in [1.29, 1.82) is 0 Å². The van der Waals surface area contributed by atoms with E-state index in [1.165, 1.54) is 103 Å². The summed E-state index contributed by atoms with van der Waals surface area (Å²) in [6, 6.07) is 0. The summed E-state index contributed by atoms with van der Waals surface area (Å²) in [4.78, 5) is 2.63. The third-order valence-corrected chi connectivity index (χ3v) is 7.49. The number of thiol groups is 1. The number of likely N-dealkylation sites (tertiary alicyclic amines) is 1. The van der Waals surface area contributed by atoms with E-state index >= 15 is 0 Å². The summed E-state index contributed by atoms with van der Waals surface area (Å²) in [5.74, 6) is 4.80. The monoisotopic (exact) mass is 397 g/mol. The third-order valence-electron chi connectivity index (χ3n) is 7.29. The van der Waals surface area contributed by atoms with Gasteiger partial charge in [-0.3, -0.25) is 0 Å². The molecule has 0 spiro atoms. The first kappa shape index (κ1) is 25.3. The van der Waals surface area contributed by atoms with Gasteiger partial charge >= 0.3 is 0 Å². The molecule has 0 radical (unpaired) electrons. The van der Waals surface area contributed by atoms with Gasteiger partial charge in [-0.25, -0.2) is 0 Å². The Balaban J connectivity index is 2.42. The second-order valence-corrected chi connectivity index (χ2v) is 10.00. The molecule has 1 heterocycles. The highest BCUT2D eigenvalue weighted by Crippen LogP contribution is 2.36. The minimum absolute atomic E-state index is 0.923. The van der Waals surface area contributed by atoms with Gasteiger partial charge in [-0.05, 0) is 56.0 Å². The van der Waals surface area contributed by atoms with E-state index in [0.717, 1.165) is 29.4 Å². The normalized spacial score (nSPS) is 19.9. The van der Waals surface area contributed by atoms with Crippen LogP contribution in [0.25, 0.3) is 0 Å². The topological polar surface area (TPSA) is 3.24 Å². The van der Waals surface area contributed by atoms with Gasteiger partial charge < -0.3 is 4.90 Å². The van der Waals surface area contributed by atoms with Crippen LogP contribution >= 0.6 is 12.6 Å². The highest BCUT2D eigenvalue weighted by Gasteiger charge is 2.28. The molecular formula is C25H51NS. The standard InChI is InChI=1S/C25H51NS/c1-5-7-9-11-12-22(3)14-15-24(13-10-8-6-2)23(4)25-16-18-26(19-17-25)20-21-27/h22-25,27H,5-21H2,1-4H3. The fourth-order valence-corrected chi connectivity index (χ4v) is 5.40. The molecular weight excluding hydrogens is 346 g/mol. The number of hydrogen-bond acceptors (Lipinski definition) is 2. The molecule has 1 aliphatic rings. The van der Waals surface area contributed by atoms with Crippen LogP contribution in [0.1, 0.15) is 111 Å². The van der Waals surface area contributed by atoms with Crippen molar-refractivity contribution in [3.63, 3.8) is 0 Å². The molecule has 0 aromatic heterocycles. The van der Waals surface area contributed by atoms with E-state index in [1.807, 2.05) is 0 Å². The summed E-state index contributed by atoms with van der Waals surface area (Å²) in [5, 5.41) is 0. The zero-order valence-electron chi connectivity index (χ0n) is 19.2. The zero-order valence-corrected chi connectivity index (χ0v) is 20.1. The first-order valence-electron chi connectivity index (χ1n) is 12.4. The lowest BCUT2D eigenvalue weighted by molar-refractivity contribution is 0.119. The number of rotatable bonds is 16. The van der Waals surface area contributed by atoms with Crippen molar-refractivity contribution in [2.45, 2.75) is 111 Å². The summed E-state index contributed by atoms with van der Waals surface area (Å²) in [5.41, 5.74) is 0. The molecule has 0 aromatic rings. The summed E-state index contributed by atoms with van der Waals surface area (Å²) < 4.78 is 0. The Kier molecular flexibility index (Phi) is 15.2. The minimum atomic E-state index is 0.923. The van der Waals surface area contributed by atoms with E-state index in [-0.39, 0.29) is 0 Å². The molecule has 1 fully saturated rings. The zero-order chi connectivity index (χ0) is 19.9. The molecule has 0 aliphatic carbocycles. The maximum atomic E-state index is 4.42. The van der Waals surface area contributed by atoms with Gasteiger partial charge in [0.05, 0.1) is 0 Å². The molecule has 162 valence electrons. The van der Waals surface area contributed by atoms with Crippen LogP contribution in [0.4, 0.5) is 0 Å². The second kappa shape index (κ2) is 16.1. The van der Waals surface area contributed by atoms with Crippen LogP contribution in [0, 0.1) is 23.7 Å². The van der Waals surface area contributed by atoms with Gasteiger partial charge in [-0.15, -0.1) is 0 Å². The lowest BCUT2D eigenvalue weighted by Gasteiger charge is -2.38. The summed E-state index contributed by atoms with van der Waals surface area (Å²) >= 11 is 4.42. The molecule has 3 atom stereocenters. The van der Waals surface area contributed by atoms with Crippen molar-refractivity contribution >= 4 is 12.6 Å². The fraction of sp³-hybridized carbons (Fsp3) is 1.00. The molecule has 1 saturated heterocycles. The molecule has 0 bridgehead atoms. The Bertz CT molecular complexity index is 324. The number of nitrogens with zero attached hydrogens (tertiary/aromatic N) is 1. The summed E-state index contributed by atoms with van der Waals surface area (Å²) in [6.45, 7) is 13.6. The molecule has 1 aliphatic heterocycles. The van der Waals surface area contributed by atoms with Gasteiger partial charge in [0.15, 0.2) is 0 Å². The van der Waals surface area contributed by atoms with Gasteiger partial charge in [0.25, 0.3) is 0 Å². The van der Waals surface area contributed by atoms with Crippen LogP contribution in [-0.4, -0.2) is 30.3 Å². The third kappa shape index (κ3) is 11.2. The molecule has 1 nitrogen and oxygen atoms in total. The maximum Gasteiger partial charge on any atom is 0.00698 e. The minimum Gasteiger partial charge on any atom is -0.303 e. The molecule has 0 aromatic carbocycles. The molecule has 1 rings (SSSR count). The maximum absolute atomic E-state index is 4.42. The molecule has 2 heteroatoms. The Hall–Kier alpha value is 0.310. The van der Waals surface area contributed by atoms with Crippen molar-refractivity contribution in [3.05, 3.63) is 0 Å². The SMILES string of the molecule is CCCCCCC(C)CCC(CCCCC)C(C)C1CCN(CCS)CC1. The lowest BCUT2D eigenvalue weighted by Crippen LogP contribution is -2.38. The van der Waals surface area contributed by atoms with Crippen LogP contribution in [0.3, 0.4) is 0 Å². The number of unbranched alkanes of at least 4 members (excludes halogenated alkanes) is 5. The Labute approximate surface area is 177 Å². The van der Waals surface area contributed by atoms with Gasteiger partial charge in [-0.2, -0.15) is 12.6 Å². The Morgan fingerprint density at radius 1 is 0.815 bits per heavy atom. The summed E-state index contributed by atoms with van der Waals surface area (Å²) in [6.07, 6.45) is 18.7. The highest BCUT2D eigenvalue weighted by atomic mass is 32.1. The van der Waals surface area contributed by atoms with Crippen LogP contribution in [0.2, 0.25) is 0 Å². The van der Waals surface area contributed by atoms with E-state index in [9.17, 15) is 0 Å². The fourth-order valence-electron chi connectivity index (χ4n) is 5.12. The average Bonchev–Trinajstić information content (AvgIpc) is 2.68. The van der Waals surface area contributed by atoms with Crippen LogP contribution in [0.5, 0.6) is 0 Å². The average molecular weight is 398 g/mol. The predicted octanol–water partition coefficient (Wildman–Crippen LogP) is 7.85. The van der Waals surface area contributed by atoms with E-state index < -0.39 is 0 Å². The van der Waals surface area contributed by atoms with Crippen molar-refractivity contribution in [1.82, 2.24) is 4.90 Å². The first-order chi connectivity index (χ1) is 13.1. The van der Waals surface area contributed by atoms with Gasteiger partial charge in [0, 0.05) is 12.3 Å². The van der Waals surface area contributed by atoms with Gasteiger partial charge in [-0.1, -0.05) is 91.9 Å². The molecule has 0 N–H and O–H groups in total. The van der Waals surface area contributed by atoms with E-state index in [1.54, 1.807) is 0 Å². The lowest BCUT2D eigenvalue weighted by atomic mass is 9.73. The van der Waals surface area contributed by atoms with E-state index in [4.69, 9.17) is 0 Å². The largest absolute Gasteiger partial charge is 0.303 e. The predicted molar refractivity (Wildman–Crippen MR) is 127 cm³/mol. The van der Waals surface area contributed by atoms with Crippen LogP contribution < -0.4 is 0 Å². The number of piperidine rings is 1. The molecule has 0 saturated carbocycles. The first-order valence-corrected chi connectivity index (χ1v) is 13.1. The Morgan fingerprint density at radius 2 is 1.44 bits per heavy atom. The molecule has 3 unspecified atom stereocenters. The van der Waals surface area contributed by atoms with Crippen molar-refractivity contribution in [3.8, 4) is 0 Å². The summed E-state index contributed by atoms with van der Waals surface area (Å²) in [7, 11) is 0. The molecule has 0 amide bonds. The van der Waals surface area contributed by atoms with Crippen molar-refractivity contribution in [2.75, 3.05) is 25.4 Å². The van der Waals surface area contributed by atoms with Crippen molar-refractivity contribution < 1.29 is 0 Å². The van der Waals surface area contributed by atoms with Crippen LogP contribution in [0.15, 0.2) is 0 Å². The van der Waals surface area contributed by atoms with E-state index in [0.29, 0.717) is 0 Å². The number of hydrogen-bond donors (Lipinski definition) is 1. The molecule has 27 heavy (non-hydrogen) atoms. The smallest absolute Gasteiger partial charge is 0.00698 e. The van der Waals surface area contributed by atoms with E-state index in [2.05, 4.69) is 45.2 Å². The van der Waals surface area contributed by atoms with Crippen molar-refractivity contribution in [2.24, 2.45) is 23.7 Å². The Morgan fingerprint density at radius 3 is 2.07 bits per heavy atom. The van der Waals surface area contributed by atoms with Gasteiger partial charge in [0.2, 0.25) is 0 Å². The highest BCUT2D eigenvalue weighted by molar-refractivity contribution is 7.80. The van der Waals surface area contributed by atoms with Gasteiger partial charge in [0.1, 0.15) is 0 Å².